The van der Waals surface area contributed by atoms with Crippen molar-refractivity contribution in [2.75, 3.05) is 12.4 Å². The number of benzene rings is 1. The first kappa shape index (κ1) is 14.4. The Bertz CT molecular complexity index is 600. The lowest BCUT2D eigenvalue weighted by Crippen LogP contribution is -2.22. The average Bonchev–Trinajstić information content (AvgIpc) is 2.84. The van der Waals surface area contributed by atoms with Crippen molar-refractivity contribution >= 4 is 23.4 Å². The van der Waals surface area contributed by atoms with E-state index in [4.69, 9.17) is 4.74 Å². The van der Waals surface area contributed by atoms with Crippen molar-refractivity contribution < 1.29 is 9.53 Å². The Morgan fingerprint density at radius 3 is 2.95 bits per heavy atom. The quantitative estimate of drug-likeness (QED) is 0.853. The van der Waals surface area contributed by atoms with Crippen LogP contribution in [0, 0.1) is 0 Å². The maximum atomic E-state index is 12.1. The summed E-state index contributed by atoms with van der Waals surface area (Å²) in [5, 5.41) is 11.0. The van der Waals surface area contributed by atoms with Crippen LogP contribution in [0.2, 0.25) is 0 Å². The zero-order valence-electron chi connectivity index (χ0n) is 11.5. The number of methoxy groups -OCH3 is 1. The molecule has 7 heteroatoms. The minimum Gasteiger partial charge on any atom is -0.497 e. The third kappa shape index (κ3) is 3.51. The van der Waals surface area contributed by atoms with Crippen molar-refractivity contribution in [2.45, 2.75) is 17.3 Å². The highest BCUT2D eigenvalue weighted by Crippen LogP contribution is 2.22. The van der Waals surface area contributed by atoms with Crippen molar-refractivity contribution in [1.29, 1.82) is 0 Å². The lowest BCUT2D eigenvalue weighted by Gasteiger charge is -2.11. The molecule has 0 radical (unpaired) electrons. The lowest BCUT2D eigenvalue weighted by atomic mass is 10.3. The normalized spacial score (nSPS) is 11.9. The van der Waals surface area contributed by atoms with Crippen LogP contribution in [0.4, 0.5) is 5.69 Å². The first-order chi connectivity index (χ1) is 9.60. The maximum Gasteiger partial charge on any atom is 0.237 e. The van der Waals surface area contributed by atoms with Crippen LogP contribution in [0.1, 0.15) is 6.92 Å². The zero-order chi connectivity index (χ0) is 14.5. The molecule has 0 saturated heterocycles. The van der Waals surface area contributed by atoms with Gasteiger partial charge < -0.3 is 14.6 Å². The van der Waals surface area contributed by atoms with Gasteiger partial charge in [-0.1, -0.05) is 17.8 Å². The van der Waals surface area contributed by atoms with Crippen molar-refractivity contribution in [1.82, 2.24) is 14.8 Å². The average molecular weight is 292 g/mol. The van der Waals surface area contributed by atoms with Gasteiger partial charge in [0.25, 0.3) is 0 Å². The number of hydrogen-bond donors (Lipinski definition) is 1. The van der Waals surface area contributed by atoms with Gasteiger partial charge in [0, 0.05) is 18.8 Å². The molecule has 0 fully saturated rings. The SMILES string of the molecule is COc1cccc(NC(=O)[C@H](C)Sc2nncn2C)c1. The topological polar surface area (TPSA) is 69.0 Å². The van der Waals surface area contributed by atoms with Crippen LogP contribution in [-0.2, 0) is 11.8 Å². The van der Waals surface area contributed by atoms with Crippen molar-refractivity contribution in [2.24, 2.45) is 7.05 Å². The van der Waals surface area contributed by atoms with Crippen LogP contribution in [0.5, 0.6) is 5.75 Å². The molecule has 0 aliphatic heterocycles. The molecule has 1 aromatic heterocycles. The van der Waals surface area contributed by atoms with Gasteiger partial charge in [-0.2, -0.15) is 0 Å². The Labute approximate surface area is 121 Å². The number of nitrogens with zero attached hydrogens (tertiary/aromatic N) is 3. The summed E-state index contributed by atoms with van der Waals surface area (Å²) >= 11 is 1.36. The van der Waals surface area contributed by atoms with Gasteiger partial charge in [-0.3, -0.25) is 4.79 Å². The van der Waals surface area contributed by atoms with Crippen LogP contribution in [0.25, 0.3) is 0 Å². The molecule has 0 unspecified atom stereocenters. The van der Waals surface area contributed by atoms with Crippen LogP contribution in [-0.4, -0.2) is 33.0 Å². The maximum absolute atomic E-state index is 12.1. The molecular weight excluding hydrogens is 276 g/mol. The van der Waals surface area contributed by atoms with E-state index in [1.807, 2.05) is 32.2 Å². The molecule has 1 heterocycles. The minimum atomic E-state index is -0.274. The van der Waals surface area contributed by atoms with Gasteiger partial charge in [0.15, 0.2) is 5.16 Å². The number of carbonyl (C=O) groups excluding carboxylic acids is 1. The minimum absolute atomic E-state index is 0.0914. The number of nitrogens with one attached hydrogen (secondary N) is 1. The predicted octanol–water partition coefficient (Wildman–Crippen LogP) is 1.94. The van der Waals surface area contributed by atoms with Gasteiger partial charge in [0.2, 0.25) is 5.91 Å². The monoisotopic (exact) mass is 292 g/mol. The fraction of sp³-hybridized carbons (Fsp3) is 0.308. The van der Waals surface area contributed by atoms with Crippen molar-refractivity contribution in [3.63, 3.8) is 0 Å². The number of aromatic nitrogens is 3. The summed E-state index contributed by atoms with van der Waals surface area (Å²) in [6.07, 6.45) is 1.61. The molecule has 1 amide bonds. The molecule has 106 valence electrons. The van der Waals surface area contributed by atoms with E-state index in [0.29, 0.717) is 16.6 Å². The molecule has 0 aliphatic rings. The number of hydrogen-bond acceptors (Lipinski definition) is 5. The fourth-order valence-electron chi connectivity index (χ4n) is 1.54. The number of thioether (sulfide) groups is 1. The molecular formula is C13H16N4O2S. The van der Waals surface area contributed by atoms with E-state index in [2.05, 4.69) is 15.5 Å². The second kappa shape index (κ2) is 6.42. The summed E-state index contributed by atoms with van der Waals surface area (Å²) in [5.41, 5.74) is 0.708. The molecule has 1 atom stereocenters. The number of carbonyl (C=O) groups is 1. The van der Waals surface area contributed by atoms with Crippen LogP contribution in [0.15, 0.2) is 35.7 Å². The Hall–Kier alpha value is -2.02. The third-order valence-electron chi connectivity index (χ3n) is 2.66. The molecule has 20 heavy (non-hydrogen) atoms. The summed E-state index contributed by atoms with van der Waals surface area (Å²) in [4.78, 5) is 12.1. The van der Waals surface area contributed by atoms with Crippen LogP contribution in [0.3, 0.4) is 0 Å². The highest BCUT2D eigenvalue weighted by atomic mass is 32.2. The van der Waals surface area contributed by atoms with Gasteiger partial charge in [-0.15, -0.1) is 10.2 Å². The van der Waals surface area contributed by atoms with Crippen molar-refractivity contribution in [3.05, 3.63) is 30.6 Å². The fourth-order valence-corrected chi connectivity index (χ4v) is 2.33. The largest absolute Gasteiger partial charge is 0.497 e. The summed E-state index contributed by atoms with van der Waals surface area (Å²) in [5.74, 6) is 0.614. The first-order valence-corrected chi connectivity index (χ1v) is 6.93. The van der Waals surface area contributed by atoms with Crippen LogP contribution >= 0.6 is 11.8 Å². The third-order valence-corrected chi connectivity index (χ3v) is 3.81. The van der Waals surface area contributed by atoms with Gasteiger partial charge in [-0.25, -0.2) is 0 Å². The number of ether oxygens (including phenoxy) is 1. The van der Waals surface area contributed by atoms with E-state index in [9.17, 15) is 4.79 Å². The Morgan fingerprint density at radius 2 is 2.30 bits per heavy atom. The predicted molar refractivity (Wildman–Crippen MR) is 77.9 cm³/mol. The summed E-state index contributed by atoms with van der Waals surface area (Å²) < 4.78 is 6.90. The molecule has 2 rings (SSSR count). The molecule has 0 saturated carbocycles. The molecule has 1 aromatic carbocycles. The lowest BCUT2D eigenvalue weighted by molar-refractivity contribution is -0.115. The highest BCUT2D eigenvalue weighted by Gasteiger charge is 2.17. The molecule has 0 aliphatic carbocycles. The molecule has 0 spiro atoms. The second-order valence-electron chi connectivity index (χ2n) is 4.21. The summed E-state index contributed by atoms with van der Waals surface area (Å²) in [6.45, 7) is 1.83. The number of anilines is 1. The number of amides is 1. The van der Waals surface area contributed by atoms with Crippen LogP contribution < -0.4 is 10.1 Å². The smallest absolute Gasteiger partial charge is 0.237 e. The van der Waals surface area contributed by atoms with E-state index in [-0.39, 0.29) is 11.2 Å². The van der Waals surface area contributed by atoms with E-state index in [1.165, 1.54) is 11.8 Å². The molecule has 6 nitrogen and oxygen atoms in total. The number of rotatable bonds is 5. The Morgan fingerprint density at radius 1 is 1.50 bits per heavy atom. The van der Waals surface area contributed by atoms with E-state index in [1.54, 1.807) is 24.1 Å². The van der Waals surface area contributed by atoms with Crippen molar-refractivity contribution in [3.8, 4) is 5.75 Å². The van der Waals surface area contributed by atoms with E-state index >= 15 is 0 Å². The van der Waals surface area contributed by atoms with E-state index < -0.39 is 0 Å². The summed E-state index contributed by atoms with van der Waals surface area (Å²) in [6, 6.07) is 7.25. The van der Waals surface area contributed by atoms with Gasteiger partial charge in [-0.05, 0) is 19.1 Å². The first-order valence-electron chi connectivity index (χ1n) is 6.05. The standard InChI is InChI=1S/C13H16N4O2S/c1-9(20-13-16-14-8-17(13)2)12(18)15-10-5-4-6-11(7-10)19-3/h4-9H,1-3H3,(H,15,18)/t9-/m0/s1. The highest BCUT2D eigenvalue weighted by molar-refractivity contribution is 8.00. The summed E-state index contributed by atoms with van der Waals surface area (Å²) in [7, 11) is 3.43. The molecule has 0 bridgehead atoms. The zero-order valence-corrected chi connectivity index (χ0v) is 12.3. The van der Waals surface area contributed by atoms with Gasteiger partial charge in [0.1, 0.15) is 12.1 Å². The molecule has 1 N–H and O–H groups in total. The second-order valence-corrected chi connectivity index (χ2v) is 5.51. The van der Waals surface area contributed by atoms with Gasteiger partial charge in [0.05, 0.1) is 12.4 Å². The Kier molecular flexibility index (Phi) is 4.62. The van der Waals surface area contributed by atoms with Gasteiger partial charge >= 0.3 is 0 Å². The van der Waals surface area contributed by atoms with E-state index in [0.717, 1.165) is 0 Å². The Balaban J connectivity index is 1.98. The molecule has 2 aromatic rings. The number of aryl methyl sites for hydroxylation is 1.